The minimum Gasteiger partial charge on any atom is -0.309 e. The van der Waals surface area contributed by atoms with Crippen LogP contribution < -0.4 is 25.7 Å². The van der Waals surface area contributed by atoms with Gasteiger partial charge in [-0.15, -0.1) is 0 Å². The van der Waals surface area contributed by atoms with Crippen molar-refractivity contribution in [1.29, 1.82) is 0 Å². The molecule has 16 aromatic rings. The van der Waals surface area contributed by atoms with E-state index in [1.807, 2.05) is 0 Å². The molecule has 13 aromatic carbocycles. The van der Waals surface area contributed by atoms with Gasteiger partial charge in [-0.3, -0.25) is 0 Å². The van der Waals surface area contributed by atoms with E-state index < -0.39 is 7.14 Å². The van der Waals surface area contributed by atoms with Crippen LogP contribution in [-0.4, -0.2) is 13.7 Å². The van der Waals surface area contributed by atoms with Gasteiger partial charge in [0.2, 0.25) is 0 Å². The predicted octanol–water partition coefficient (Wildman–Crippen LogP) is 29.9. The lowest BCUT2D eigenvalue weighted by molar-refractivity contribution is 0.568. The molecule has 0 unspecified atom stereocenters. The molecule has 0 atom stereocenters. The summed E-state index contributed by atoms with van der Waals surface area (Å²) in [7, 11) is -4.01. The fourth-order valence-corrected chi connectivity index (χ4v) is 21.6. The Morgan fingerprint density at radius 3 is 0.744 bits per heavy atom. The number of hydrogen-bond acceptors (Lipinski definition) is 3. The number of rotatable bonds is 7. The first-order valence-electron chi connectivity index (χ1n) is 42.3. The van der Waals surface area contributed by atoms with Crippen LogP contribution in [0, 0.1) is 0 Å². The van der Waals surface area contributed by atoms with E-state index in [1.54, 1.807) is 0 Å². The highest BCUT2D eigenvalue weighted by Gasteiger charge is 2.50. The number of benzene rings is 13. The Hall–Kier alpha value is -10.9. The lowest BCUT2D eigenvalue weighted by atomic mass is 9.79. The molecule has 0 bridgehead atoms. The average molecular weight is 1550 g/mol. The second-order valence-corrected chi connectivity index (χ2v) is 44.8. The number of hydrogen-bond donors (Lipinski definition) is 0. The number of para-hydroxylation sites is 2. The van der Waals surface area contributed by atoms with Crippen molar-refractivity contribution in [3.05, 3.63) is 299 Å². The fourth-order valence-electron chi connectivity index (χ4n) is 18.4. The summed E-state index contributed by atoms with van der Waals surface area (Å²) in [5, 5.41) is 9.45. The summed E-state index contributed by atoms with van der Waals surface area (Å²) >= 11 is 0. The van der Waals surface area contributed by atoms with E-state index in [1.165, 1.54) is 77.2 Å². The highest BCUT2D eigenvalue weighted by Crippen LogP contribution is 2.63. The minimum atomic E-state index is -4.01. The van der Waals surface area contributed by atoms with E-state index in [-0.39, 0.29) is 43.3 Å². The summed E-state index contributed by atoms with van der Waals surface area (Å²) in [6.07, 6.45) is 0. The van der Waals surface area contributed by atoms with Crippen LogP contribution in [0.4, 0.5) is 34.1 Å². The maximum absolute atomic E-state index is 19.3. The van der Waals surface area contributed by atoms with Crippen LogP contribution in [0.25, 0.3) is 105 Å². The Morgan fingerprint density at radius 1 is 0.205 bits per heavy atom. The van der Waals surface area contributed by atoms with Gasteiger partial charge in [-0.2, -0.15) is 0 Å². The Kier molecular flexibility index (Phi) is 17.4. The highest BCUT2D eigenvalue weighted by molar-refractivity contribution is 7.86. The monoisotopic (exact) mass is 1550 g/mol. The molecular formula is C110H114N5OP. The van der Waals surface area contributed by atoms with Crippen LogP contribution in [-0.2, 0) is 47.9 Å². The van der Waals surface area contributed by atoms with Gasteiger partial charge in [-0.1, -0.05) is 312 Å². The lowest BCUT2D eigenvalue weighted by Gasteiger charge is -2.45. The standard InChI is InChI=1S/C110H114N5OP/c1-103(2,3)71-37-45-86-87-46-38-72(104(4,5)6)60-93(87)113(92(86)59-71)81-41-49-100-96(63-81)111(79-31-27-25-28-32-79)98-65-83(115-90-55-67(69-51-75(107(13,14)15)57-76(52-69)108(16,17)18)35-43-84(90)85-44-36-68(56-91(85)115)70-53-77(109(19,20)21)58-78(54-70)110(22,23)24)66-99-102(98)117(100,116)101-50-42-82(64-97(101)112(99)80-33-29-26-30-34-80)114-94-61-73(105(7,8)9)39-47-88(94)89-48-40-74(62-95(89)114)106(10,11)12/h25-66H,1-24H3. The normalized spacial score (nSPS) is 14.2. The van der Waals surface area contributed by atoms with Crippen molar-refractivity contribution in [2.24, 2.45) is 0 Å². The molecular weight excluding hydrogens is 1440 g/mol. The van der Waals surface area contributed by atoms with Gasteiger partial charge in [-0.25, -0.2) is 0 Å². The Labute approximate surface area is 694 Å². The van der Waals surface area contributed by atoms with E-state index in [2.05, 4.69) is 444 Å². The largest absolute Gasteiger partial charge is 0.309 e. The Bertz CT molecular complexity index is 6240. The molecule has 0 saturated carbocycles. The van der Waals surface area contributed by atoms with Gasteiger partial charge < -0.3 is 28.1 Å². The SMILES string of the molecule is CC(C)(C)c1cc(-c2ccc3c4ccc(-c5cc(C(C)(C)C)cc(C(C)(C)C)c5)cc4n(-c4cc5c6c(c4)N(c4ccccc4)c4cc(-n7c8cc(C(C)(C)C)ccc8c8ccc(C(C)(C)C)cc87)ccc4P6(=O)c4ccc(-n6c7cc(C(C)(C)C)ccc7c7ccc(C(C)(C)C)cc76)cc4N5c4ccccc4)c3c2)cc(C(C)(C)C)c1. The molecule has 0 spiro atoms. The van der Waals surface area contributed by atoms with Crippen molar-refractivity contribution in [2.75, 3.05) is 9.80 Å². The highest BCUT2D eigenvalue weighted by atomic mass is 31.2. The van der Waals surface area contributed by atoms with Crippen molar-refractivity contribution in [3.8, 4) is 39.3 Å². The van der Waals surface area contributed by atoms with Crippen LogP contribution >= 0.6 is 7.14 Å². The third-order valence-corrected chi connectivity index (χ3v) is 28.7. The van der Waals surface area contributed by atoms with Crippen molar-refractivity contribution in [3.63, 3.8) is 0 Å². The molecule has 0 radical (unpaired) electrons. The molecule has 6 nitrogen and oxygen atoms in total. The van der Waals surface area contributed by atoms with E-state index >= 15 is 4.57 Å². The minimum absolute atomic E-state index is 0.107. The Balaban J connectivity index is 1.00. The van der Waals surface area contributed by atoms with Gasteiger partial charge in [0.05, 0.1) is 66.8 Å². The van der Waals surface area contributed by atoms with Crippen LogP contribution in [0.1, 0.15) is 211 Å². The molecule has 590 valence electrons. The topological polar surface area (TPSA) is 38.3 Å². The van der Waals surface area contributed by atoms with Gasteiger partial charge in [0.15, 0.2) is 7.14 Å². The predicted molar refractivity (Wildman–Crippen MR) is 506 cm³/mol. The lowest BCUT2D eigenvalue weighted by Crippen LogP contribution is -2.43. The van der Waals surface area contributed by atoms with E-state index in [9.17, 15) is 0 Å². The van der Waals surface area contributed by atoms with Gasteiger partial charge in [0.25, 0.3) is 0 Å². The van der Waals surface area contributed by atoms with Gasteiger partial charge in [-0.05, 0) is 219 Å². The maximum atomic E-state index is 19.3. The van der Waals surface area contributed by atoms with Crippen LogP contribution in [0.3, 0.4) is 0 Å². The van der Waals surface area contributed by atoms with E-state index in [0.717, 1.165) is 122 Å². The first-order valence-corrected chi connectivity index (χ1v) is 44.0. The first kappa shape index (κ1) is 77.3. The number of aromatic nitrogens is 3. The third-order valence-electron chi connectivity index (χ3n) is 25.5. The van der Waals surface area contributed by atoms with Crippen molar-refractivity contribution >= 4 is 123 Å². The molecule has 0 amide bonds. The summed E-state index contributed by atoms with van der Waals surface area (Å²) in [5.41, 5.74) is 29.0. The molecule has 3 aromatic heterocycles. The quantitative estimate of drug-likeness (QED) is 0.149. The van der Waals surface area contributed by atoms with Gasteiger partial charge in [0.1, 0.15) is 0 Å². The third kappa shape index (κ3) is 12.8. The number of nitrogens with zero attached hydrogens (tertiary/aromatic N) is 5. The summed E-state index contributed by atoms with van der Waals surface area (Å²) < 4.78 is 26.9. The van der Waals surface area contributed by atoms with Crippen LogP contribution in [0.15, 0.2) is 255 Å². The molecule has 0 N–H and O–H groups in total. The zero-order valence-electron chi connectivity index (χ0n) is 73.3. The molecule has 7 heteroatoms. The Morgan fingerprint density at radius 2 is 0.462 bits per heavy atom. The van der Waals surface area contributed by atoms with Crippen molar-refractivity contribution < 1.29 is 4.57 Å². The van der Waals surface area contributed by atoms with Crippen molar-refractivity contribution in [2.45, 2.75) is 209 Å². The molecule has 18 rings (SSSR count). The van der Waals surface area contributed by atoms with Crippen LogP contribution in [0.2, 0.25) is 0 Å². The molecule has 0 aliphatic carbocycles. The molecule has 0 saturated heterocycles. The molecule has 117 heavy (non-hydrogen) atoms. The second-order valence-electron chi connectivity index (χ2n) is 42.1. The zero-order chi connectivity index (χ0) is 82.9. The maximum Gasteiger partial charge on any atom is 0.179 e. The average Bonchev–Trinajstić information content (AvgIpc) is 1.25. The number of fused-ring (bicyclic) bond motifs is 13. The van der Waals surface area contributed by atoms with Crippen molar-refractivity contribution in [1.82, 2.24) is 13.7 Å². The molecule has 0 fully saturated rings. The summed E-state index contributed by atoms with van der Waals surface area (Å²) in [6, 6.07) is 97.8. The van der Waals surface area contributed by atoms with Crippen LogP contribution in [0.5, 0.6) is 0 Å². The summed E-state index contributed by atoms with van der Waals surface area (Å²) in [6.45, 7) is 55.7. The van der Waals surface area contributed by atoms with E-state index in [0.29, 0.717) is 0 Å². The zero-order valence-corrected chi connectivity index (χ0v) is 74.2. The van der Waals surface area contributed by atoms with E-state index in [4.69, 9.17) is 0 Å². The molecule has 2 aliphatic heterocycles. The molecule has 5 heterocycles. The second kappa shape index (κ2) is 26.3. The molecule has 2 aliphatic rings. The first-order chi connectivity index (χ1) is 54.9. The van der Waals surface area contributed by atoms with Gasteiger partial charge in [0, 0.05) is 65.7 Å². The number of anilines is 6. The van der Waals surface area contributed by atoms with Gasteiger partial charge >= 0.3 is 0 Å². The smallest absolute Gasteiger partial charge is 0.179 e. The summed E-state index contributed by atoms with van der Waals surface area (Å²) in [5.74, 6) is 0. The fraction of sp³-hybridized carbons (Fsp3) is 0.291. The summed E-state index contributed by atoms with van der Waals surface area (Å²) in [4.78, 5) is 4.94.